The Morgan fingerprint density at radius 2 is 1.93 bits per heavy atom. The fourth-order valence-electron chi connectivity index (χ4n) is 3.61. The van der Waals surface area contributed by atoms with Crippen LogP contribution in [0.15, 0.2) is 57.6 Å². The van der Waals surface area contributed by atoms with Gasteiger partial charge in [-0.15, -0.1) is 11.3 Å². The highest BCUT2D eigenvalue weighted by Crippen LogP contribution is 2.13. The zero-order valence-corrected chi connectivity index (χ0v) is 18.1. The predicted octanol–water partition coefficient (Wildman–Crippen LogP) is 2.81. The van der Waals surface area contributed by atoms with E-state index < -0.39 is 0 Å². The summed E-state index contributed by atoms with van der Waals surface area (Å²) < 4.78 is 4.92. The second kappa shape index (κ2) is 10.4. The number of piperazine rings is 1. The standard InChI is InChI=1S/C22H28N6OS/c1-23-22(28-12-10-27(11-13-28)16-19-9-14-29-26-19)24-15-20-17-30-21(25-20)8-7-18-5-3-2-4-6-18/h2-6,9,14,17H,7-8,10-13,15-16H2,1H3,(H,23,24). The highest BCUT2D eigenvalue weighted by molar-refractivity contribution is 7.09. The Morgan fingerprint density at radius 3 is 2.67 bits per heavy atom. The molecule has 2 aromatic heterocycles. The molecule has 0 aliphatic carbocycles. The van der Waals surface area contributed by atoms with E-state index in [4.69, 9.17) is 9.51 Å². The molecule has 158 valence electrons. The number of aliphatic imine (C=N–C) groups is 1. The molecular formula is C22H28N6OS. The Labute approximate surface area is 181 Å². The smallest absolute Gasteiger partial charge is 0.194 e. The van der Waals surface area contributed by atoms with Crippen LogP contribution in [0.25, 0.3) is 0 Å². The van der Waals surface area contributed by atoms with E-state index in [0.717, 1.165) is 62.9 Å². The van der Waals surface area contributed by atoms with Gasteiger partial charge in [0, 0.05) is 57.6 Å². The van der Waals surface area contributed by atoms with Crippen molar-refractivity contribution in [3.8, 4) is 0 Å². The van der Waals surface area contributed by atoms with Crippen molar-refractivity contribution in [1.82, 2.24) is 25.3 Å². The van der Waals surface area contributed by atoms with Crippen molar-refractivity contribution in [3.05, 3.63) is 70.0 Å². The second-order valence-corrected chi connectivity index (χ2v) is 8.32. The predicted molar refractivity (Wildman–Crippen MR) is 120 cm³/mol. The number of aromatic nitrogens is 2. The summed E-state index contributed by atoms with van der Waals surface area (Å²) in [5, 5.41) is 10.8. The van der Waals surface area contributed by atoms with Gasteiger partial charge >= 0.3 is 0 Å². The first-order chi connectivity index (χ1) is 14.8. The van der Waals surface area contributed by atoms with Crippen LogP contribution in [-0.4, -0.2) is 59.1 Å². The van der Waals surface area contributed by atoms with E-state index in [1.165, 1.54) is 10.6 Å². The summed E-state index contributed by atoms with van der Waals surface area (Å²) in [7, 11) is 1.84. The molecule has 3 aromatic rings. The number of aryl methyl sites for hydroxylation is 2. The number of hydrogen-bond acceptors (Lipinski definition) is 6. The summed E-state index contributed by atoms with van der Waals surface area (Å²) in [6.45, 7) is 5.38. The van der Waals surface area contributed by atoms with Crippen molar-refractivity contribution < 1.29 is 4.52 Å². The molecule has 8 heteroatoms. The third-order valence-corrected chi connectivity index (χ3v) is 6.22. The summed E-state index contributed by atoms with van der Waals surface area (Å²) in [6.07, 6.45) is 3.64. The van der Waals surface area contributed by atoms with Crippen LogP contribution in [0.5, 0.6) is 0 Å². The maximum absolute atomic E-state index is 4.92. The summed E-state index contributed by atoms with van der Waals surface area (Å²) in [4.78, 5) is 14.0. The van der Waals surface area contributed by atoms with Gasteiger partial charge in [0.1, 0.15) is 6.26 Å². The molecule has 1 N–H and O–H groups in total. The second-order valence-electron chi connectivity index (χ2n) is 7.37. The van der Waals surface area contributed by atoms with Crippen molar-refractivity contribution in [3.63, 3.8) is 0 Å². The van der Waals surface area contributed by atoms with Gasteiger partial charge in [-0.1, -0.05) is 35.5 Å². The molecule has 0 amide bonds. The Morgan fingerprint density at radius 1 is 1.10 bits per heavy atom. The van der Waals surface area contributed by atoms with Gasteiger partial charge in [0.05, 0.1) is 22.9 Å². The molecule has 0 spiro atoms. The third-order valence-electron chi connectivity index (χ3n) is 5.26. The lowest BCUT2D eigenvalue weighted by atomic mass is 10.1. The number of rotatable bonds is 7. The van der Waals surface area contributed by atoms with E-state index >= 15 is 0 Å². The van der Waals surface area contributed by atoms with E-state index in [2.05, 4.69) is 61.0 Å². The van der Waals surface area contributed by atoms with Gasteiger partial charge in [-0.25, -0.2) is 4.98 Å². The summed E-state index contributed by atoms with van der Waals surface area (Å²) >= 11 is 1.74. The van der Waals surface area contributed by atoms with E-state index in [0.29, 0.717) is 6.54 Å². The maximum Gasteiger partial charge on any atom is 0.194 e. The minimum atomic E-state index is 0.702. The molecule has 7 nitrogen and oxygen atoms in total. The van der Waals surface area contributed by atoms with Gasteiger partial charge in [0.25, 0.3) is 0 Å². The highest BCUT2D eigenvalue weighted by atomic mass is 32.1. The normalized spacial score (nSPS) is 15.5. The molecule has 0 unspecified atom stereocenters. The number of nitrogens with zero attached hydrogens (tertiary/aromatic N) is 5. The van der Waals surface area contributed by atoms with Crippen molar-refractivity contribution in [2.24, 2.45) is 4.99 Å². The molecule has 4 rings (SSSR count). The summed E-state index contributed by atoms with van der Waals surface area (Å²) in [6, 6.07) is 12.5. The fourth-order valence-corrected chi connectivity index (χ4v) is 4.41. The topological polar surface area (TPSA) is 69.8 Å². The van der Waals surface area contributed by atoms with Crippen LogP contribution in [0.2, 0.25) is 0 Å². The molecule has 1 aliphatic heterocycles. The number of guanidine groups is 1. The average Bonchev–Trinajstić information content (AvgIpc) is 3.47. The fraction of sp³-hybridized carbons (Fsp3) is 0.409. The minimum Gasteiger partial charge on any atom is -0.364 e. The molecule has 3 heterocycles. The SMILES string of the molecule is CN=C(NCc1csc(CCc2ccccc2)n1)N1CCN(Cc2ccon2)CC1. The Hall–Kier alpha value is -2.71. The van der Waals surface area contributed by atoms with Gasteiger partial charge in [0.2, 0.25) is 0 Å². The number of thiazole rings is 1. The molecule has 0 saturated carbocycles. The monoisotopic (exact) mass is 424 g/mol. The molecule has 1 aromatic carbocycles. The first-order valence-electron chi connectivity index (χ1n) is 10.3. The minimum absolute atomic E-state index is 0.702. The zero-order valence-electron chi connectivity index (χ0n) is 17.3. The van der Waals surface area contributed by atoms with E-state index in [1.807, 2.05) is 13.1 Å². The van der Waals surface area contributed by atoms with Crippen LogP contribution < -0.4 is 5.32 Å². The first kappa shape index (κ1) is 20.6. The van der Waals surface area contributed by atoms with Crippen LogP contribution in [0.1, 0.15) is 22.0 Å². The van der Waals surface area contributed by atoms with Crippen molar-refractivity contribution in [2.45, 2.75) is 25.9 Å². The first-order valence-corrected chi connectivity index (χ1v) is 11.2. The highest BCUT2D eigenvalue weighted by Gasteiger charge is 2.20. The van der Waals surface area contributed by atoms with Crippen LogP contribution in [0.4, 0.5) is 0 Å². The van der Waals surface area contributed by atoms with Crippen LogP contribution in [0, 0.1) is 0 Å². The average molecular weight is 425 g/mol. The number of benzene rings is 1. The lowest BCUT2D eigenvalue weighted by molar-refractivity contribution is 0.169. The number of nitrogens with one attached hydrogen (secondary N) is 1. The Kier molecular flexibility index (Phi) is 7.10. The van der Waals surface area contributed by atoms with Crippen molar-refractivity contribution in [2.75, 3.05) is 33.2 Å². The van der Waals surface area contributed by atoms with Crippen LogP contribution in [0.3, 0.4) is 0 Å². The summed E-state index contributed by atoms with van der Waals surface area (Å²) in [5.74, 6) is 0.940. The molecule has 0 radical (unpaired) electrons. The largest absolute Gasteiger partial charge is 0.364 e. The molecule has 1 aliphatic rings. The van der Waals surface area contributed by atoms with Gasteiger partial charge in [-0.2, -0.15) is 0 Å². The molecule has 30 heavy (non-hydrogen) atoms. The molecule has 1 saturated heterocycles. The molecule has 1 fully saturated rings. The third kappa shape index (κ3) is 5.67. The number of hydrogen-bond donors (Lipinski definition) is 1. The van der Waals surface area contributed by atoms with Gasteiger partial charge in [-0.3, -0.25) is 9.89 Å². The summed E-state index contributed by atoms with van der Waals surface area (Å²) in [5.41, 5.74) is 3.42. The van der Waals surface area contributed by atoms with Crippen LogP contribution >= 0.6 is 11.3 Å². The Balaban J connectivity index is 1.22. The molecule has 0 atom stereocenters. The quantitative estimate of drug-likeness (QED) is 0.465. The Bertz CT molecular complexity index is 916. The lowest BCUT2D eigenvalue weighted by Crippen LogP contribution is -2.52. The maximum atomic E-state index is 4.92. The molecular weight excluding hydrogens is 396 g/mol. The van der Waals surface area contributed by atoms with Gasteiger partial charge < -0.3 is 14.7 Å². The molecule has 0 bridgehead atoms. The van der Waals surface area contributed by atoms with E-state index in [1.54, 1.807) is 17.6 Å². The van der Waals surface area contributed by atoms with Crippen LogP contribution in [-0.2, 0) is 25.9 Å². The van der Waals surface area contributed by atoms with Gasteiger partial charge in [0.15, 0.2) is 5.96 Å². The zero-order chi connectivity index (χ0) is 20.6. The lowest BCUT2D eigenvalue weighted by Gasteiger charge is -2.36. The van der Waals surface area contributed by atoms with Crippen molar-refractivity contribution >= 4 is 17.3 Å². The van der Waals surface area contributed by atoms with Gasteiger partial charge in [-0.05, 0) is 12.0 Å². The van der Waals surface area contributed by atoms with E-state index in [-0.39, 0.29) is 0 Å². The van der Waals surface area contributed by atoms with E-state index in [9.17, 15) is 0 Å². The van der Waals surface area contributed by atoms with Crippen molar-refractivity contribution in [1.29, 1.82) is 0 Å².